The predicted molar refractivity (Wildman–Crippen MR) is 128 cm³/mol. The lowest BCUT2D eigenvalue weighted by Gasteiger charge is -2.37. The summed E-state index contributed by atoms with van der Waals surface area (Å²) in [5.41, 5.74) is 5.93. The molecule has 1 amide bonds. The smallest absolute Gasteiger partial charge is 0.227 e. The van der Waals surface area contributed by atoms with E-state index in [2.05, 4.69) is 31.9 Å². The Hall–Kier alpha value is -2.69. The molecular formula is C27H35N3O2. The summed E-state index contributed by atoms with van der Waals surface area (Å²) in [4.78, 5) is 29.3. The van der Waals surface area contributed by atoms with E-state index in [1.807, 2.05) is 47.9 Å². The number of hydrogen-bond donors (Lipinski definition) is 0. The SMILES string of the molecule is CCCCCC(=O)N1c2ccccc2CC2=C(C(=O)CC(C)(C)C2)[C@@H]1c1cnn(C)c1C. The van der Waals surface area contributed by atoms with Crippen LogP contribution in [0.2, 0.25) is 0 Å². The average Bonchev–Trinajstić information content (AvgIpc) is 2.97. The molecule has 0 fully saturated rings. The van der Waals surface area contributed by atoms with Crippen LogP contribution in [0.25, 0.3) is 0 Å². The second kappa shape index (κ2) is 8.68. The zero-order valence-corrected chi connectivity index (χ0v) is 20.1. The minimum absolute atomic E-state index is 0.0697. The van der Waals surface area contributed by atoms with E-state index in [0.29, 0.717) is 12.8 Å². The third kappa shape index (κ3) is 4.05. The molecule has 0 saturated heterocycles. The Morgan fingerprint density at radius 2 is 1.94 bits per heavy atom. The number of carbonyl (C=O) groups excluding carboxylic acids is 2. The molecule has 1 aliphatic carbocycles. The predicted octanol–water partition coefficient (Wildman–Crippen LogP) is 5.62. The van der Waals surface area contributed by atoms with Gasteiger partial charge in [0, 0.05) is 42.4 Å². The van der Waals surface area contributed by atoms with Crippen LogP contribution in [0.1, 0.15) is 82.2 Å². The summed E-state index contributed by atoms with van der Waals surface area (Å²) in [5.74, 6) is 0.259. The maximum absolute atomic E-state index is 13.8. The fourth-order valence-electron chi connectivity index (χ4n) is 5.36. The first kappa shape index (κ1) is 22.5. The van der Waals surface area contributed by atoms with E-state index in [1.54, 1.807) is 0 Å². The van der Waals surface area contributed by atoms with E-state index in [9.17, 15) is 9.59 Å². The lowest BCUT2D eigenvalue weighted by atomic mass is 9.70. The number of ketones is 1. The van der Waals surface area contributed by atoms with Gasteiger partial charge in [-0.1, -0.05) is 57.4 Å². The first-order valence-electron chi connectivity index (χ1n) is 11.9. The molecule has 1 aromatic carbocycles. The quantitative estimate of drug-likeness (QED) is 0.575. The molecule has 5 nitrogen and oxygen atoms in total. The summed E-state index contributed by atoms with van der Waals surface area (Å²) in [6.45, 7) is 8.51. The molecule has 0 bridgehead atoms. The van der Waals surface area contributed by atoms with Crippen molar-refractivity contribution in [2.75, 3.05) is 4.90 Å². The summed E-state index contributed by atoms with van der Waals surface area (Å²) in [7, 11) is 1.91. The summed E-state index contributed by atoms with van der Waals surface area (Å²) in [5, 5.41) is 4.48. The van der Waals surface area contributed by atoms with Crippen molar-refractivity contribution in [3.8, 4) is 0 Å². The molecule has 2 aliphatic rings. The minimum atomic E-state index is -0.417. The number of benzene rings is 1. The molecular weight excluding hydrogens is 398 g/mol. The standard InChI is InChI=1S/C27H35N3O2/c1-6-7-8-13-24(32)30-22-12-10-9-11-19(22)14-20-15-27(3,4)16-23(31)25(20)26(30)21-17-28-29(5)18(21)2/h9-12,17,26H,6-8,13-16H2,1-5H3/t26-/m0/s1. The summed E-state index contributed by atoms with van der Waals surface area (Å²) < 4.78 is 1.84. The van der Waals surface area contributed by atoms with Gasteiger partial charge < -0.3 is 4.90 Å². The molecule has 0 radical (unpaired) electrons. The Kier molecular flexibility index (Phi) is 6.11. The molecule has 4 rings (SSSR count). The Morgan fingerprint density at radius 3 is 2.62 bits per heavy atom. The molecule has 1 aromatic heterocycles. The van der Waals surface area contributed by atoms with E-state index in [-0.39, 0.29) is 17.1 Å². The third-order valence-corrected chi connectivity index (χ3v) is 7.03. The van der Waals surface area contributed by atoms with Gasteiger partial charge in [-0.05, 0) is 43.2 Å². The molecule has 0 spiro atoms. The van der Waals surface area contributed by atoms with E-state index in [0.717, 1.165) is 60.2 Å². The lowest BCUT2D eigenvalue weighted by molar-refractivity contribution is -0.119. The van der Waals surface area contributed by atoms with Gasteiger partial charge in [0.05, 0.1) is 12.2 Å². The zero-order valence-electron chi connectivity index (χ0n) is 20.1. The number of para-hydroxylation sites is 1. The number of fused-ring (bicyclic) bond motifs is 1. The minimum Gasteiger partial charge on any atom is -0.300 e. The van der Waals surface area contributed by atoms with E-state index < -0.39 is 6.04 Å². The monoisotopic (exact) mass is 433 g/mol. The van der Waals surface area contributed by atoms with Crippen molar-refractivity contribution in [3.63, 3.8) is 0 Å². The number of Topliss-reactive ketones (excluding diaryl/α,β-unsaturated/α-hetero) is 1. The van der Waals surface area contributed by atoms with Crippen LogP contribution in [0.4, 0.5) is 5.69 Å². The van der Waals surface area contributed by atoms with Gasteiger partial charge >= 0.3 is 0 Å². The number of carbonyl (C=O) groups is 2. The van der Waals surface area contributed by atoms with Crippen molar-refractivity contribution < 1.29 is 9.59 Å². The largest absolute Gasteiger partial charge is 0.300 e. The van der Waals surface area contributed by atoms with Crippen LogP contribution < -0.4 is 4.90 Å². The van der Waals surface area contributed by atoms with Gasteiger partial charge in [-0.3, -0.25) is 14.3 Å². The molecule has 0 saturated carbocycles. The van der Waals surface area contributed by atoms with Gasteiger partial charge in [0.2, 0.25) is 5.91 Å². The van der Waals surface area contributed by atoms with E-state index >= 15 is 0 Å². The van der Waals surface area contributed by atoms with Gasteiger partial charge in [-0.15, -0.1) is 0 Å². The van der Waals surface area contributed by atoms with Crippen LogP contribution in [0.3, 0.4) is 0 Å². The number of aryl methyl sites for hydroxylation is 1. The molecule has 170 valence electrons. The number of hydrogen-bond acceptors (Lipinski definition) is 3. The lowest BCUT2D eigenvalue weighted by Crippen LogP contribution is -2.39. The Bertz CT molecular complexity index is 1080. The fourth-order valence-corrected chi connectivity index (χ4v) is 5.36. The number of anilines is 1. The average molecular weight is 434 g/mol. The molecule has 1 atom stereocenters. The molecule has 32 heavy (non-hydrogen) atoms. The molecule has 0 N–H and O–H groups in total. The number of aromatic nitrogens is 2. The van der Waals surface area contributed by atoms with Crippen molar-refractivity contribution in [2.24, 2.45) is 12.5 Å². The van der Waals surface area contributed by atoms with Gasteiger partial charge in [-0.25, -0.2) is 0 Å². The second-order valence-electron chi connectivity index (χ2n) is 10.2. The van der Waals surface area contributed by atoms with Crippen molar-refractivity contribution >= 4 is 17.4 Å². The molecule has 5 heteroatoms. The van der Waals surface area contributed by atoms with Crippen LogP contribution in [0.5, 0.6) is 0 Å². The molecule has 2 aromatic rings. The molecule has 2 heterocycles. The van der Waals surface area contributed by atoms with Crippen molar-refractivity contribution in [3.05, 3.63) is 58.4 Å². The van der Waals surface area contributed by atoms with Crippen molar-refractivity contribution in [2.45, 2.75) is 78.7 Å². The van der Waals surface area contributed by atoms with Gasteiger partial charge in [0.1, 0.15) is 0 Å². The van der Waals surface area contributed by atoms with Crippen molar-refractivity contribution in [1.82, 2.24) is 9.78 Å². The zero-order chi connectivity index (χ0) is 23.0. The number of amides is 1. The van der Waals surface area contributed by atoms with E-state index in [1.165, 1.54) is 5.57 Å². The first-order valence-corrected chi connectivity index (χ1v) is 11.9. The summed E-state index contributed by atoms with van der Waals surface area (Å²) in [6.07, 6.45) is 7.38. The summed E-state index contributed by atoms with van der Waals surface area (Å²) >= 11 is 0. The maximum Gasteiger partial charge on any atom is 0.227 e. The number of allylic oxidation sites excluding steroid dienone is 1. The Morgan fingerprint density at radius 1 is 1.19 bits per heavy atom. The van der Waals surface area contributed by atoms with Crippen LogP contribution >= 0.6 is 0 Å². The van der Waals surface area contributed by atoms with Crippen LogP contribution in [0, 0.1) is 12.3 Å². The highest BCUT2D eigenvalue weighted by molar-refractivity contribution is 6.04. The van der Waals surface area contributed by atoms with Gasteiger partial charge in [0.25, 0.3) is 0 Å². The highest BCUT2D eigenvalue weighted by atomic mass is 16.2. The summed E-state index contributed by atoms with van der Waals surface area (Å²) in [6, 6.07) is 7.76. The van der Waals surface area contributed by atoms with E-state index in [4.69, 9.17) is 0 Å². The van der Waals surface area contributed by atoms with Crippen LogP contribution in [-0.4, -0.2) is 21.5 Å². The molecule has 0 unspecified atom stereocenters. The number of nitrogens with zero attached hydrogens (tertiary/aromatic N) is 3. The fraction of sp³-hybridized carbons (Fsp3) is 0.519. The van der Waals surface area contributed by atoms with Gasteiger partial charge in [0.15, 0.2) is 5.78 Å². The highest BCUT2D eigenvalue weighted by Crippen LogP contribution is 2.48. The first-order chi connectivity index (χ1) is 15.2. The molecule has 1 aliphatic heterocycles. The number of unbranched alkanes of at least 4 members (excludes halogenated alkanes) is 2. The third-order valence-electron chi connectivity index (χ3n) is 7.03. The normalized spacial score (nSPS) is 20.1. The number of rotatable bonds is 5. The topological polar surface area (TPSA) is 55.2 Å². The highest BCUT2D eigenvalue weighted by Gasteiger charge is 2.43. The Balaban J connectivity index is 1.94. The second-order valence-corrected chi connectivity index (χ2v) is 10.2. The Labute approximate surface area is 191 Å². The maximum atomic E-state index is 13.8. The van der Waals surface area contributed by atoms with Gasteiger partial charge in [-0.2, -0.15) is 5.10 Å². The van der Waals surface area contributed by atoms with Crippen LogP contribution in [0.15, 0.2) is 41.6 Å². The van der Waals surface area contributed by atoms with Crippen molar-refractivity contribution in [1.29, 1.82) is 0 Å². The van der Waals surface area contributed by atoms with Crippen LogP contribution in [-0.2, 0) is 23.1 Å².